The van der Waals surface area contributed by atoms with E-state index in [1.54, 1.807) is 22.7 Å². The number of thiophene rings is 2. The molecule has 2 aromatic heterocycles. The SMILES string of the molecule is C[C@H](NCc1cc(C#N)cs1)c1cccs1. The highest BCUT2D eigenvalue weighted by atomic mass is 32.1. The second-order valence-electron chi connectivity index (χ2n) is 3.53. The van der Waals surface area contributed by atoms with Crippen LogP contribution in [0.5, 0.6) is 0 Å². The van der Waals surface area contributed by atoms with Gasteiger partial charge in [0.2, 0.25) is 0 Å². The van der Waals surface area contributed by atoms with Crippen molar-refractivity contribution in [3.05, 3.63) is 44.3 Å². The fourth-order valence-corrected chi connectivity index (χ4v) is 2.94. The van der Waals surface area contributed by atoms with Gasteiger partial charge in [-0.2, -0.15) is 5.26 Å². The highest BCUT2D eigenvalue weighted by molar-refractivity contribution is 7.10. The zero-order valence-electron chi connectivity index (χ0n) is 8.93. The monoisotopic (exact) mass is 248 g/mol. The summed E-state index contributed by atoms with van der Waals surface area (Å²) in [4.78, 5) is 2.55. The Labute approximate surface area is 103 Å². The largest absolute Gasteiger partial charge is 0.305 e. The average molecular weight is 248 g/mol. The van der Waals surface area contributed by atoms with Gasteiger partial charge in [0.05, 0.1) is 5.56 Å². The van der Waals surface area contributed by atoms with E-state index >= 15 is 0 Å². The van der Waals surface area contributed by atoms with E-state index in [4.69, 9.17) is 5.26 Å². The molecule has 0 fully saturated rings. The minimum Gasteiger partial charge on any atom is -0.305 e. The maximum Gasteiger partial charge on any atom is 0.100 e. The second-order valence-corrected chi connectivity index (χ2v) is 5.51. The third-order valence-electron chi connectivity index (χ3n) is 2.34. The molecule has 16 heavy (non-hydrogen) atoms. The van der Waals surface area contributed by atoms with Crippen LogP contribution >= 0.6 is 22.7 Å². The van der Waals surface area contributed by atoms with Crippen molar-refractivity contribution in [3.63, 3.8) is 0 Å². The molecule has 2 aromatic rings. The minimum atomic E-state index is 0.368. The first-order chi connectivity index (χ1) is 7.79. The third-order valence-corrected chi connectivity index (χ3v) is 4.33. The van der Waals surface area contributed by atoms with Gasteiger partial charge in [-0.1, -0.05) is 6.07 Å². The van der Waals surface area contributed by atoms with Gasteiger partial charge in [-0.3, -0.25) is 0 Å². The molecule has 0 amide bonds. The number of rotatable bonds is 4. The fraction of sp³-hybridized carbons (Fsp3) is 0.250. The summed E-state index contributed by atoms with van der Waals surface area (Å²) in [6, 6.07) is 8.66. The van der Waals surface area contributed by atoms with E-state index in [1.165, 1.54) is 9.75 Å². The molecule has 82 valence electrons. The molecule has 0 spiro atoms. The highest BCUT2D eigenvalue weighted by Crippen LogP contribution is 2.20. The molecule has 0 aliphatic carbocycles. The molecule has 0 unspecified atom stereocenters. The minimum absolute atomic E-state index is 0.368. The molecule has 0 aliphatic heterocycles. The molecular weight excluding hydrogens is 236 g/mol. The normalized spacial score (nSPS) is 12.2. The van der Waals surface area contributed by atoms with Crippen molar-refractivity contribution in [1.29, 1.82) is 5.26 Å². The predicted molar refractivity (Wildman–Crippen MR) is 68.6 cm³/mol. The van der Waals surface area contributed by atoms with E-state index in [-0.39, 0.29) is 0 Å². The van der Waals surface area contributed by atoms with Crippen LogP contribution in [0.4, 0.5) is 0 Å². The number of nitrogens with zero attached hydrogens (tertiary/aromatic N) is 1. The first kappa shape index (κ1) is 11.3. The van der Waals surface area contributed by atoms with Gasteiger partial charge in [0, 0.05) is 27.7 Å². The summed E-state index contributed by atoms with van der Waals surface area (Å²) in [6.45, 7) is 2.98. The molecule has 0 aliphatic rings. The van der Waals surface area contributed by atoms with Crippen molar-refractivity contribution in [2.75, 3.05) is 0 Å². The number of nitriles is 1. The Kier molecular flexibility index (Phi) is 3.73. The summed E-state index contributed by atoms with van der Waals surface area (Å²) < 4.78 is 0. The molecule has 1 atom stereocenters. The Morgan fingerprint density at radius 1 is 1.50 bits per heavy atom. The smallest absolute Gasteiger partial charge is 0.100 e. The Hall–Kier alpha value is -1.15. The molecule has 1 N–H and O–H groups in total. The summed E-state index contributed by atoms with van der Waals surface area (Å²) in [7, 11) is 0. The topological polar surface area (TPSA) is 35.8 Å². The van der Waals surface area contributed by atoms with Crippen molar-refractivity contribution in [3.8, 4) is 6.07 Å². The van der Waals surface area contributed by atoms with E-state index in [9.17, 15) is 0 Å². The Morgan fingerprint density at radius 2 is 2.38 bits per heavy atom. The molecule has 0 aromatic carbocycles. The van der Waals surface area contributed by atoms with Crippen LogP contribution in [0.1, 0.15) is 28.3 Å². The highest BCUT2D eigenvalue weighted by Gasteiger charge is 2.06. The van der Waals surface area contributed by atoms with E-state index in [0.717, 1.165) is 12.1 Å². The van der Waals surface area contributed by atoms with Crippen molar-refractivity contribution in [1.82, 2.24) is 5.32 Å². The molecule has 4 heteroatoms. The molecule has 0 radical (unpaired) electrons. The maximum absolute atomic E-state index is 8.72. The summed E-state index contributed by atoms with van der Waals surface area (Å²) in [5, 5.41) is 16.2. The van der Waals surface area contributed by atoms with E-state index in [2.05, 4.69) is 35.8 Å². The van der Waals surface area contributed by atoms with Crippen LogP contribution in [-0.4, -0.2) is 0 Å². The van der Waals surface area contributed by atoms with Gasteiger partial charge in [0.25, 0.3) is 0 Å². The zero-order chi connectivity index (χ0) is 11.4. The van der Waals surface area contributed by atoms with Crippen LogP contribution in [0.25, 0.3) is 0 Å². The van der Waals surface area contributed by atoms with E-state index in [0.29, 0.717) is 6.04 Å². The van der Waals surface area contributed by atoms with Crippen molar-refractivity contribution >= 4 is 22.7 Å². The predicted octanol–water partition coefficient (Wildman–Crippen LogP) is 3.53. The molecule has 0 saturated carbocycles. The van der Waals surface area contributed by atoms with Gasteiger partial charge in [-0.05, 0) is 24.4 Å². The maximum atomic E-state index is 8.72. The first-order valence-corrected chi connectivity index (χ1v) is 6.80. The molecule has 0 bridgehead atoms. The van der Waals surface area contributed by atoms with Crippen LogP contribution in [0.15, 0.2) is 29.0 Å². The van der Waals surface area contributed by atoms with Crippen molar-refractivity contribution in [2.45, 2.75) is 19.5 Å². The van der Waals surface area contributed by atoms with Crippen LogP contribution in [0.2, 0.25) is 0 Å². The van der Waals surface area contributed by atoms with Crippen LogP contribution in [0.3, 0.4) is 0 Å². The van der Waals surface area contributed by atoms with E-state index in [1.807, 2.05) is 11.4 Å². The van der Waals surface area contributed by atoms with Crippen molar-refractivity contribution < 1.29 is 0 Å². The lowest BCUT2D eigenvalue weighted by Crippen LogP contribution is -2.16. The third kappa shape index (κ3) is 2.70. The van der Waals surface area contributed by atoms with Crippen molar-refractivity contribution in [2.24, 2.45) is 0 Å². The molecule has 2 nitrogen and oxygen atoms in total. The van der Waals surface area contributed by atoms with Gasteiger partial charge in [-0.25, -0.2) is 0 Å². The second kappa shape index (κ2) is 5.26. The van der Waals surface area contributed by atoms with Gasteiger partial charge in [0.1, 0.15) is 6.07 Å². The number of hydrogen-bond acceptors (Lipinski definition) is 4. The Morgan fingerprint density at radius 3 is 3.00 bits per heavy atom. The summed E-state index contributed by atoms with van der Waals surface area (Å²) in [5.74, 6) is 0. The Balaban J connectivity index is 1.90. The van der Waals surface area contributed by atoms with Gasteiger partial charge < -0.3 is 5.32 Å². The standard InChI is InChI=1S/C12H12N2S2/c1-9(12-3-2-4-15-12)14-7-11-5-10(6-13)8-16-11/h2-5,8-9,14H,7H2,1H3/t9-/m0/s1. The summed E-state index contributed by atoms with van der Waals surface area (Å²) >= 11 is 3.40. The average Bonchev–Trinajstić information content (AvgIpc) is 2.96. The Bertz CT molecular complexity index is 479. The molecular formula is C12H12N2S2. The lowest BCUT2D eigenvalue weighted by Gasteiger charge is -2.10. The quantitative estimate of drug-likeness (QED) is 0.898. The number of nitrogens with one attached hydrogen (secondary N) is 1. The molecule has 2 heterocycles. The van der Waals surface area contributed by atoms with Crippen LogP contribution in [0, 0.1) is 11.3 Å². The fourth-order valence-electron chi connectivity index (χ4n) is 1.42. The zero-order valence-corrected chi connectivity index (χ0v) is 10.6. The van der Waals surface area contributed by atoms with Gasteiger partial charge >= 0.3 is 0 Å². The summed E-state index contributed by atoms with van der Waals surface area (Å²) in [5.41, 5.74) is 0.755. The van der Waals surface area contributed by atoms with Gasteiger partial charge in [0.15, 0.2) is 0 Å². The van der Waals surface area contributed by atoms with E-state index < -0.39 is 0 Å². The summed E-state index contributed by atoms with van der Waals surface area (Å²) in [6.07, 6.45) is 0. The molecule has 0 saturated heterocycles. The van der Waals surface area contributed by atoms with Gasteiger partial charge in [-0.15, -0.1) is 22.7 Å². The first-order valence-electron chi connectivity index (χ1n) is 5.04. The van der Waals surface area contributed by atoms with Crippen LogP contribution < -0.4 is 5.32 Å². The number of hydrogen-bond donors (Lipinski definition) is 1. The molecule has 2 rings (SSSR count). The lowest BCUT2D eigenvalue weighted by atomic mass is 10.2. The van der Waals surface area contributed by atoms with Crippen LogP contribution in [-0.2, 0) is 6.54 Å². The lowest BCUT2D eigenvalue weighted by molar-refractivity contribution is 0.587.